The topological polar surface area (TPSA) is 106 Å². The van der Waals surface area contributed by atoms with E-state index in [1.54, 1.807) is 35.9 Å². The lowest BCUT2D eigenvalue weighted by Crippen LogP contribution is -2.15. The number of hydrogen-bond donors (Lipinski definition) is 2. The number of carbonyl (C=O) groups is 2. The zero-order valence-corrected chi connectivity index (χ0v) is 17.8. The van der Waals surface area contributed by atoms with Crippen LogP contribution in [0.3, 0.4) is 0 Å². The Morgan fingerprint density at radius 2 is 2.00 bits per heavy atom. The van der Waals surface area contributed by atoms with Crippen molar-refractivity contribution in [3.05, 3.63) is 64.9 Å². The molecular weight excluding hydrogens is 428 g/mol. The number of aromatic carboxylic acids is 1. The van der Waals surface area contributed by atoms with E-state index in [9.17, 15) is 9.59 Å². The van der Waals surface area contributed by atoms with Crippen LogP contribution in [0.25, 0.3) is 0 Å². The van der Waals surface area contributed by atoms with Gasteiger partial charge >= 0.3 is 5.97 Å². The highest BCUT2D eigenvalue weighted by Crippen LogP contribution is 2.29. The highest BCUT2D eigenvalue weighted by Gasteiger charge is 2.19. The summed E-state index contributed by atoms with van der Waals surface area (Å²) in [5.74, 6) is -0.116. The van der Waals surface area contributed by atoms with E-state index in [0.717, 1.165) is 0 Å². The van der Waals surface area contributed by atoms with Gasteiger partial charge in [0.1, 0.15) is 5.75 Å². The fourth-order valence-corrected chi connectivity index (χ4v) is 3.54. The minimum absolute atomic E-state index is 0.0863. The summed E-state index contributed by atoms with van der Waals surface area (Å²) in [5.41, 5.74) is 0.520. The van der Waals surface area contributed by atoms with Gasteiger partial charge in [0.05, 0.1) is 16.3 Å². The lowest BCUT2D eigenvalue weighted by Gasteiger charge is -2.15. The van der Waals surface area contributed by atoms with Crippen LogP contribution in [0.15, 0.2) is 53.7 Å². The number of carboxylic acids is 1. The Bertz CT molecular complexity index is 1070. The lowest BCUT2D eigenvalue weighted by atomic mass is 10.2. The number of thioether (sulfide) groups is 1. The number of amides is 1. The SMILES string of the molecule is CC(Oc1ccccc1Cl)c1nnc(SCC(=O)Nc2cccc(C(=O)O)c2)n1C. The number of nitrogens with one attached hydrogen (secondary N) is 1. The van der Waals surface area contributed by atoms with E-state index in [4.69, 9.17) is 21.4 Å². The molecule has 1 aromatic heterocycles. The standard InChI is InChI=1S/C20H19ClN4O4S/c1-12(29-16-9-4-3-8-15(16)21)18-23-24-20(25(18)2)30-11-17(26)22-14-7-5-6-13(10-14)19(27)28/h3-10,12H,11H2,1-2H3,(H,22,26)(H,27,28). The fraction of sp³-hybridized carbons (Fsp3) is 0.200. The number of carboxylic acid groups (broad SMARTS) is 1. The van der Waals surface area contributed by atoms with E-state index >= 15 is 0 Å². The zero-order chi connectivity index (χ0) is 21.7. The summed E-state index contributed by atoms with van der Waals surface area (Å²) < 4.78 is 7.62. The molecule has 8 nitrogen and oxygen atoms in total. The second-order valence-electron chi connectivity index (χ2n) is 6.31. The molecule has 2 N–H and O–H groups in total. The van der Waals surface area contributed by atoms with Crippen LogP contribution in [0.1, 0.15) is 29.2 Å². The molecule has 0 fully saturated rings. The average Bonchev–Trinajstić information content (AvgIpc) is 3.09. The van der Waals surface area contributed by atoms with Crippen molar-refractivity contribution in [3.63, 3.8) is 0 Å². The van der Waals surface area contributed by atoms with E-state index in [1.807, 2.05) is 19.1 Å². The second kappa shape index (κ2) is 9.64. The molecule has 3 aromatic rings. The molecule has 1 heterocycles. The van der Waals surface area contributed by atoms with Crippen molar-refractivity contribution in [2.75, 3.05) is 11.1 Å². The minimum Gasteiger partial charge on any atom is -0.481 e. The van der Waals surface area contributed by atoms with E-state index < -0.39 is 12.1 Å². The quantitative estimate of drug-likeness (QED) is 0.503. The molecule has 0 bridgehead atoms. The van der Waals surface area contributed by atoms with Crippen molar-refractivity contribution in [2.24, 2.45) is 7.05 Å². The van der Waals surface area contributed by atoms with Crippen molar-refractivity contribution in [2.45, 2.75) is 18.2 Å². The Labute approximate surface area is 182 Å². The number of hydrogen-bond acceptors (Lipinski definition) is 6. The van der Waals surface area contributed by atoms with E-state index in [0.29, 0.717) is 27.4 Å². The zero-order valence-electron chi connectivity index (χ0n) is 16.2. The van der Waals surface area contributed by atoms with Gasteiger partial charge in [0.2, 0.25) is 5.91 Å². The third-order valence-electron chi connectivity index (χ3n) is 4.10. The molecular formula is C20H19ClN4O4S. The largest absolute Gasteiger partial charge is 0.481 e. The third-order valence-corrected chi connectivity index (χ3v) is 5.43. The second-order valence-corrected chi connectivity index (χ2v) is 7.66. The first-order valence-corrected chi connectivity index (χ1v) is 10.3. The molecule has 0 saturated heterocycles. The first-order chi connectivity index (χ1) is 14.3. The Morgan fingerprint density at radius 3 is 2.73 bits per heavy atom. The van der Waals surface area contributed by atoms with Crippen LogP contribution in [0.2, 0.25) is 5.02 Å². The van der Waals surface area contributed by atoms with Crippen LogP contribution < -0.4 is 10.1 Å². The Kier molecular flexibility index (Phi) is 6.96. The molecule has 3 rings (SSSR count). The van der Waals surface area contributed by atoms with Crippen molar-refractivity contribution in [1.82, 2.24) is 14.8 Å². The number of ether oxygens (including phenoxy) is 1. The predicted molar refractivity (Wildman–Crippen MR) is 114 cm³/mol. The summed E-state index contributed by atoms with van der Waals surface area (Å²) in [7, 11) is 1.79. The number of halogens is 1. The molecule has 1 atom stereocenters. The summed E-state index contributed by atoms with van der Waals surface area (Å²) in [6.07, 6.45) is -0.399. The van der Waals surface area contributed by atoms with Gasteiger partial charge in [0.25, 0.3) is 0 Å². The Hall–Kier alpha value is -3.04. The van der Waals surface area contributed by atoms with Gasteiger partial charge < -0.3 is 19.7 Å². The molecule has 0 spiro atoms. The monoisotopic (exact) mass is 446 g/mol. The maximum atomic E-state index is 12.2. The first kappa shape index (κ1) is 21.7. The number of nitrogens with zero attached hydrogens (tertiary/aromatic N) is 3. The maximum Gasteiger partial charge on any atom is 0.335 e. The summed E-state index contributed by atoms with van der Waals surface area (Å²) in [6.45, 7) is 1.84. The molecule has 10 heteroatoms. The predicted octanol–water partition coefficient (Wildman–Crippen LogP) is 4.04. The minimum atomic E-state index is -1.06. The van der Waals surface area contributed by atoms with Crippen molar-refractivity contribution >= 4 is 40.9 Å². The highest BCUT2D eigenvalue weighted by molar-refractivity contribution is 7.99. The number of carbonyl (C=O) groups excluding carboxylic acids is 1. The van der Waals surface area contributed by atoms with Crippen LogP contribution in [-0.4, -0.2) is 37.5 Å². The molecule has 0 aliphatic rings. The number of anilines is 1. The Balaban J connectivity index is 1.59. The van der Waals surface area contributed by atoms with Gasteiger partial charge in [0, 0.05) is 12.7 Å². The summed E-state index contributed by atoms with van der Waals surface area (Å²) in [4.78, 5) is 23.2. The number of benzene rings is 2. The van der Waals surface area contributed by atoms with Crippen LogP contribution in [0.5, 0.6) is 5.75 Å². The van der Waals surface area contributed by atoms with Crippen molar-refractivity contribution < 1.29 is 19.4 Å². The number of para-hydroxylation sites is 1. The Morgan fingerprint density at radius 1 is 1.23 bits per heavy atom. The van der Waals surface area contributed by atoms with E-state index in [1.165, 1.54) is 23.9 Å². The van der Waals surface area contributed by atoms with Gasteiger partial charge in [-0.15, -0.1) is 10.2 Å². The maximum absolute atomic E-state index is 12.2. The third kappa shape index (κ3) is 5.31. The average molecular weight is 447 g/mol. The summed E-state index contributed by atoms with van der Waals surface area (Å²) in [6, 6.07) is 13.2. The van der Waals surface area contributed by atoms with Gasteiger partial charge in [-0.1, -0.05) is 41.6 Å². The van der Waals surface area contributed by atoms with Gasteiger partial charge in [-0.05, 0) is 37.3 Å². The lowest BCUT2D eigenvalue weighted by molar-refractivity contribution is -0.113. The van der Waals surface area contributed by atoms with Crippen molar-refractivity contribution in [3.8, 4) is 5.75 Å². The normalized spacial score (nSPS) is 11.7. The highest BCUT2D eigenvalue weighted by atomic mass is 35.5. The van der Waals surface area contributed by atoms with Gasteiger partial charge in [-0.2, -0.15) is 0 Å². The van der Waals surface area contributed by atoms with Crippen molar-refractivity contribution in [1.29, 1.82) is 0 Å². The van der Waals surface area contributed by atoms with Crippen LogP contribution in [0.4, 0.5) is 5.69 Å². The summed E-state index contributed by atoms with van der Waals surface area (Å²) >= 11 is 7.34. The van der Waals surface area contributed by atoms with Gasteiger partial charge in [0.15, 0.2) is 17.1 Å². The van der Waals surface area contributed by atoms with Gasteiger partial charge in [-0.25, -0.2) is 4.79 Å². The fourth-order valence-electron chi connectivity index (χ4n) is 2.65. The molecule has 0 aliphatic heterocycles. The molecule has 156 valence electrons. The molecule has 0 aliphatic carbocycles. The van der Waals surface area contributed by atoms with E-state index in [2.05, 4.69) is 15.5 Å². The number of rotatable bonds is 8. The van der Waals surface area contributed by atoms with Crippen LogP contribution in [-0.2, 0) is 11.8 Å². The van der Waals surface area contributed by atoms with Gasteiger partial charge in [-0.3, -0.25) is 4.79 Å². The molecule has 30 heavy (non-hydrogen) atoms. The summed E-state index contributed by atoms with van der Waals surface area (Å²) in [5, 5.41) is 21.0. The number of aromatic nitrogens is 3. The smallest absolute Gasteiger partial charge is 0.335 e. The molecule has 1 unspecified atom stereocenters. The molecule has 1 amide bonds. The van der Waals surface area contributed by atoms with Crippen LogP contribution >= 0.6 is 23.4 Å². The molecule has 0 radical (unpaired) electrons. The molecule has 0 saturated carbocycles. The first-order valence-electron chi connectivity index (χ1n) is 8.91. The molecule has 2 aromatic carbocycles. The van der Waals surface area contributed by atoms with E-state index in [-0.39, 0.29) is 17.2 Å². The van der Waals surface area contributed by atoms with Crippen LogP contribution in [0, 0.1) is 0 Å².